The highest BCUT2D eigenvalue weighted by atomic mass is 16.6. The van der Waals surface area contributed by atoms with Gasteiger partial charge in [0.1, 0.15) is 5.75 Å². The van der Waals surface area contributed by atoms with Gasteiger partial charge in [0, 0.05) is 5.69 Å². The van der Waals surface area contributed by atoms with Crippen LogP contribution in [0.5, 0.6) is 5.75 Å². The fourth-order valence-corrected chi connectivity index (χ4v) is 2.04. The molecule has 0 saturated heterocycles. The second-order valence-electron chi connectivity index (χ2n) is 5.26. The van der Waals surface area contributed by atoms with E-state index in [9.17, 15) is 14.4 Å². The maximum absolute atomic E-state index is 12.1. The zero-order chi connectivity index (χ0) is 18.9. The zero-order valence-electron chi connectivity index (χ0n) is 14.0. The summed E-state index contributed by atoms with van der Waals surface area (Å²) in [6.45, 7) is 0.979. The van der Waals surface area contributed by atoms with E-state index in [0.29, 0.717) is 23.1 Å². The molecule has 0 heterocycles. The third-order valence-electron chi connectivity index (χ3n) is 3.33. The summed E-state index contributed by atoms with van der Waals surface area (Å²) in [5.41, 5.74) is 1.13. The van der Waals surface area contributed by atoms with Crippen LogP contribution in [0, 0.1) is 11.3 Å². The smallest absolute Gasteiger partial charge is 0.344 e. The van der Waals surface area contributed by atoms with Crippen LogP contribution in [0.2, 0.25) is 0 Å². The number of esters is 1. The number of carbonyl (C=O) groups is 3. The molecule has 0 fully saturated rings. The molecule has 1 amide bonds. The molecule has 1 atom stereocenters. The van der Waals surface area contributed by atoms with Gasteiger partial charge in [-0.15, -0.1) is 0 Å². The van der Waals surface area contributed by atoms with Crippen LogP contribution in [0.15, 0.2) is 48.5 Å². The molecule has 26 heavy (non-hydrogen) atoms. The highest BCUT2D eigenvalue weighted by molar-refractivity contribution is 5.95. The number of para-hydroxylation sites is 1. The summed E-state index contributed by atoms with van der Waals surface area (Å²) in [5.74, 6) is -1.04. The van der Waals surface area contributed by atoms with Gasteiger partial charge in [-0.2, -0.15) is 5.26 Å². The molecule has 132 valence electrons. The third kappa shape index (κ3) is 5.18. The fraction of sp³-hybridized carbons (Fsp3) is 0.158. The predicted octanol–water partition coefficient (Wildman–Crippen LogP) is 2.32. The first kappa shape index (κ1) is 18.7. The van der Waals surface area contributed by atoms with Crippen LogP contribution >= 0.6 is 0 Å². The lowest BCUT2D eigenvalue weighted by Crippen LogP contribution is -2.31. The molecular weight excluding hydrogens is 336 g/mol. The topological polar surface area (TPSA) is 105 Å². The fourth-order valence-electron chi connectivity index (χ4n) is 2.04. The lowest BCUT2D eigenvalue weighted by Gasteiger charge is -2.14. The van der Waals surface area contributed by atoms with Gasteiger partial charge in [0.15, 0.2) is 19.0 Å². The Balaban J connectivity index is 1.86. The van der Waals surface area contributed by atoms with Gasteiger partial charge in [-0.25, -0.2) is 4.79 Å². The SMILES string of the molecule is C[C@@H](OC(=O)COc1ccccc1C=O)C(=O)Nc1cccc(C#N)c1. The maximum atomic E-state index is 12.1. The number of nitriles is 1. The quantitative estimate of drug-likeness (QED) is 0.605. The molecule has 0 bridgehead atoms. The molecule has 0 unspecified atom stereocenters. The maximum Gasteiger partial charge on any atom is 0.344 e. The number of rotatable bonds is 7. The summed E-state index contributed by atoms with van der Waals surface area (Å²) in [4.78, 5) is 34.8. The monoisotopic (exact) mass is 352 g/mol. The van der Waals surface area contributed by atoms with Crippen molar-refractivity contribution in [3.8, 4) is 11.8 Å². The van der Waals surface area contributed by atoms with Crippen molar-refractivity contribution < 1.29 is 23.9 Å². The van der Waals surface area contributed by atoms with Gasteiger partial charge in [-0.1, -0.05) is 18.2 Å². The number of benzene rings is 2. The van der Waals surface area contributed by atoms with E-state index in [1.807, 2.05) is 6.07 Å². The van der Waals surface area contributed by atoms with Crippen molar-refractivity contribution in [3.05, 3.63) is 59.7 Å². The molecular formula is C19H16N2O5. The van der Waals surface area contributed by atoms with E-state index >= 15 is 0 Å². The van der Waals surface area contributed by atoms with Crippen LogP contribution in [0.1, 0.15) is 22.8 Å². The Bertz CT molecular complexity index is 857. The van der Waals surface area contributed by atoms with Gasteiger partial charge in [0.05, 0.1) is 17.2 Å². The molecule has 2 aromatic rings. The Morgan fingerprint density at radius 1 is 1.23 bits per heavy atom. The number of hydrogen-bond acceptors (Lipinski definition) is 6. The van der Waals surface area contributed by atoms with Crippen molar-refractivity contribution >= 4 is 23.9 Å². The van der Waals surface area contributed by atoms with Crippen LogP contribution in [0.25, 0.3) is 0 Å². The van der Waals surface area contributed by atoms with E-state index in [0.717, 1.165) is 0 Å². The standard InChI is InChI=1S/C19H16N2O5/c1-13(19(24)21-16-7-4-5-14(9-16)10-20)26-18(23)12-25-17-8-3-2-6-15(17)11-22/h2-9,11,13H,12H2,1H3,(H,21,24)/t13-/m1/s1. The molecule has 7 heteroatoms. The number of anilines is 1. The largest absolute Gasteiger partial charge is 0.481 e. The minimum absolute atomic E-state index is 0.255. The Morgan fingerprint density at radius 2 is 2.00 bits per heavy atom. The van der Waals surface area contributed by atoms with Crippen molar-refractivity contribution in [3.63, 3.8) is 0 Å². The van der Waals surface area contributed by atoms with Crippen LogP contribution in [-0.2, 0) is 14.3 Å². The molecule has 0 radical (unpaired) electrons. The molecule has 0 spiro atoms. The number of hydrogen-bond donors (Lipinski definition) is 1. The van der Waals surface area contributed by atoms with Crippen LogP contribution in [0.4, 0.5) is 5.69 Å². The van der Waals surface area contributed by atoms with E-state index in [1.165, 1.54) is 13.0 Å². The first-order chi connectivity index (χ1) is 12.5. The molecule has 0 aromatic heterocycles. The van der Waals surface area contributed by atoms with Crippen molar-refractivity contribution in [1.29, 1.82) is 5.26 Å². The average molecular weight is 352 g/mol. The number of nitrogens with zero attached hydrogens (tertiary/aromatic N) is 1. The molecule has 2 aromatic carbocycles. The van der Waals surface area contributed by atoms with Gasteiger partial charge in [0.2, 0.25) is 0 Å². The minimum Gasteiger partial charge on any atom is -0.481 e. The van der Waals surface area contributed by atoms with Crippen molar-refractivity contribution in [2.45, 2.75) is 13.0 Å². The van der Waals surface area contributed by atoms with Crippen molar-refractivity contribution in [2.24, 2.45) is 0 Å². The van der Waals surface area contributed by atoms with Gasteiger partial charge in [0.25, 0.3) is 5.91 Å². The molecule has 0 aliphatic carbocycles. The zero-order valence-corrected chi connectivity index (χ0v) is 14.0. The summed E-state index contributed by atoms with van der Waals surface area (Å²) in [6, 6.07) is 14.8. The van der Waals surface area contributed by atoms with E-state index in [-0.39, 0.29) is 5.75 Å². The third-order valence-corrected chi connectivity index (χ3v) is 3.33. The lowest BCUT2D eigenvalue weighted by molar-refractivity contribution is -0.155. The van der Waals surface area contributed by atoms with E-state index in [1.54, 1.807) is 42.5 Å². The van der Waals surface area contributed by atoms with E-state index < -0.39 is 24.6 Å². The van der Waals surface area contributed by atoms with Crippen molar-refractivity contribution in [1.82, 2.24) is 0 Å². The molecule has 2 rings (SSSR count). The number of amides is 1. The summed E-state index contributed by atoms with van der Waals surface area (Å²) < 4.78 is 10.3. The van der Waals surface area contributed by atoms with Gasteiger partial charge < -0.3 is 14.8 Å². The summed E-state index contributed by atoms with van der Waals surface area (Å²) >= 11 is 0. The predicted molar refractivity (Wildman–Crippen MR) is 92.7 cm³/mol. The van der Waals surface area contributed by atoms with E-state index in [2.05, 4.69) is 5.32 Å². The Morgan fingerprint density at radius 3 is 2.73 bits per heavy atom. The molecule has 7 nitrogen and oxygen atoms in total. The van der Waals surface area contributed by atoms with Gasteiger partial charge in [-0.3, -0.25) is 9.59 Å². The van der Waals surface area contributed by atoms with Crippen LogP contribution in [-0.4, -0.2) is 30.9 Å². The van der Waals surface area contributed by atoms with Gasteiger partial charge >= 0.3 is 5.97 Å². The molecule has 1 N–H and O–H groups in total. The highest BCUT2D eigenvalue weighted by Gasteiger charge is 2.18. The van der Waals surface area contributed by atoms with Crippen LogP contribution < -0.4 is 10.1 Å². The van der Waals surface area contributed by atoms with E-state index in [4.69, 9.17) is 14.7 Å². The number of nitrogens with one attached hydrogen (secondary N) is 1. The second-order valence-corrected chi connectivity index (χ2v) is 5.26. The minimum atomic E-state index is -1.06. The summed E-state index contributed by atoms with van der Waals surface area (Å²) in [6.07, 6.45) is -0.440. The number of ether oxygens (including phenoxy) is 2. The second kappa shape index (κ2) is 8.99. The number of carbonyl (C=O) groups excluding carboxylic acids is 3. The lowest BCUT2D eigenvalue weighted by atomic mass is 10.2. The first-order valence-corrected chi connectivity index (χ1v) is 7.71. The Labute approximate surface area is 150 Å². The molecule has 0 aliphatic rings. The Hall–Kier alpha value is -3.66. The first-order valence-electron chi connectivity index (χ1n) is 7.71. The van der Waals surface area contributed by atoms with Gasteiger partial charge in [-0.05, 0) is 37.3 Å². The number of aldehydes is 1. The van der Waals surface area contributed by atoms with Crippen LogP contribution in [0.3, 0.4) is 0 Å². The molecule has 0 aliphatic heterocycles. The summed E-state index contributed by atoms with van der Waals surface area (Å²) in [5, 5.41) is 11.4. The highest BCUT2D eigenvalue weighted by Crippen LogP contribution is 2.15. The normalized spacial score (nSPS) is 10.9. The molecule has 0 saturated carbocycles. The average Bonchev–Trinajstić information content (AvgIpc) is 2.66. The van der Waals surface area contributed by atoms with Crippen molar-refractivity contribution in [2.75, 3.05) is 11.9 Å². The summed E-state index contributed by atoms with van der Waals surface area (Å²) in [7, 11) is 0. The Kier molecular flexibility index (Phi) is 6.46.